The zero-order chi connectivity index (χ0) is 21.9. The van der Waals surface area contributed by atoms with Crippen LogP contribution in [-0.2, 0) is 10.0 Å². The van der Waals surface area contributed by atoms with Crippen molar-refractivity contribution in [2.24, 2.45) is 0 Å². The molecule has 0 spiro atoms. The van der Waals surface area contributed by atoms with Gasteiger partial charge >= 0.3 is 0 Å². The minimum atomic E-state index is -3.89. The summed E-state index contributed by atoms with van der Waals surface area (Å²) in [6.07, 6.45) is 0. The number of nitrogens with one attached hydrogen (secondary N) is 1. The average Bonchev–Trinajstić information content (AvgIpc) is 2.73. The number of hydrogen-bond acceptors (Lipinski definition) is 5. The lowest BCUT2D eigenvalue weighted by Gasteiger charge is -2.20. The van der Waals surface area contributed by atoms with Gasteiger partial charge in [-0.1, -0.05) is 24.3 Å². The first-order chi connectivity index (χ1) is 14.2. The Morgan fingerprint density at radius 3 is 2.40 bits per heavy atom. The monoisotopic (exact) mass is 425 g/mol. The second kappa shape index (κ2) is 8.34. The van der Waals surface area contributed by atoms with Crippen LogP contribution in [0.4, 0.5) is 17.1 Å². The summed E-state index contributed by atoms with van der Waals surface area (Å²) in [5.41, 5.74) is 1.60. The van der Waals surface area contributed by atoms with E-state index in [4.69, 9.17) is 0 Å². The van der Waals surface area contributed by atoms with Crippen LogP contribution in [0.25, 0.3) is 0 Å². The quantitative estimate of drug-likeness (QED) is 0.474. The zero-order valence-corrected chi connectivity index (χ0v) is 17.1. The molecule has 0 heterocycles. The topological polar surface area (TPSA) is 110 Å². The molecule has 30 heavy (non-hydrogen) atoms. The van der Waals surface area contributed by atoms with Gasteiger partial charge in [0.1, 0.15) is 0 Å². The Bertz CT molecular complexity index is 1220. The third-order valence-corrected chi connectivity index (χ3v) is 6.22. The van der Waals surface area contributed by atoms with Crippen LogP contribution >= 0.6 is 0 Å². The molecule has 1 N–H and O–H groups in total. The predicted octanol–water partition coefficient (Wildman–Crippen LogP) is 3.98. The van der Waals surface area contributed by atoms with Gasteiger partial charge in [0, 0.05) is 30.4 Å². The molecule has 3 aromatic carbocycles. The fourth-order valence-electron chi connectivity index (χ4n) is 2.82. The van der Waals surface area contributed by atoms with E-state index in [0.717, 1.165) is 9.87 Å². The molecule has 0 aliphatic heterocycles. The van der Waals surface area contributed by atoms with Crippen molar-refractivity contribution in [1.29, 1.82) is 0 Å². The molecule has 3 aromatic rings. The van der Waals surface area contributed by atoms with Crippen LogP contribution in [0.15, 0.2) is 77.7 Å². The number of benzene rings is 3. The van der Waals surface area contributed by atoms with Crippen molar-refractivity contribution < 1.29 is 18.1 Å². The lowest BCUT2D eigenvalue weighted by Crippen LogP contribution is -2.27. The molecule has 0 aliphatic carbocycles. The highest BCUT2D eigenvalue weighted by Crippen LogP contribution is 2.24. The van der Waals surface area contributed by atoms with Crippen molar-refractivity contribution >= 4 is 33.0 Å². The van der Waals surface area contributed by atoms with Crippen LogP contribution in [0.1, 0.15) is 15.9 Å². The molecule has 0 aromatic heterocycles. The Hall–Kier alpha value is -3.72. The molecule has 1 amide bonds. The molecule has 8 nitrogen and oxygen atoms in total. The average molecular weight is 425 g/mol. The third kappa shape index (κ3) is 4.47. The number of sulfonamides is 1. The van der Waals surface area contributed by atoms with Gasteiger partial charge < -0.3 is 5.32 Å². The third-order valence-electron chi connectivity index (χ3n) is 4.43. The molecule has 9 heteroatoms. The lowest BCUT2D eigenvalue weighted by atomic mass is 10.2. The maximum Gasteiger partial charge on any atom is 0.271 e. The Labute approximate surface area is 174 Å². The van der Waals surface area contributed by atoms with Gasteiger partial charge in [0.2, 0.25) is 0 Å². The minimum absolute atomic E-state index is 0.0433. The summed E-state index contributed by atoms with van der Waals surface area (Å²) in [5.74, 6) is -0.578. The van der Waals surface area contributed by atoms with E-state index in [2.05, 4.69) is 5.32 Å². The summed E-state index contributed by atoms with van der Waals surface area (Å²) < 4.78 is 27.2. The fraction of sp³-hybridized carbons (Fsp3) is 0.0952. The number of nitro groups is 1. The number of carbonyl (C=O) groups is 1. The van der Waals surface area contributed by atoms with Crippen molar-refractivity contribution in [2.75, 3.05) is 16.7 Å². The van der Waals surface area contributed by atoms with Gasteiger partial charge in [-0.3, -0.25) is 19.2 Å². The summed E-state index contributed by atoms with van der Waals surface area (Å²) in [4.78, 5) is 22.8. The van der Waals surface area contributed by atoms with E-state index in [1.165, 1.54) is 55.6 Å². The van der Waals surface area contributed by atoms with E-state index in [1.807, 2.05) is 13.0 Å². The molecule has 154 valence electrons. The second-order valence-corrected chi connectivity index (χ2v) is 8.57. The number of non-ortho nitro benzene ring substituents is 1. The molecule has 0 saturated heterocycles. The van der Waals surface area contributed by atoms with Gasteiger partial charge in [0.05, 0.1) is 15.5 Å². The number of rotatable bonds is 6. The van der Waals surface area contributed by atoms with E-state index in [-0.39, 0.29) is 21.8 Å². The highest BCUT2D eigenvalue weighted by molar-refractivity contribution is 7.92. The maximum atomic E-state index is 13.0. The minimum Gasteiger partial charge on any atom is -0.322 e. The molecule has 0 bridgehead atoms. The second-order valence-electron chi connectivity index (χ2n) is 6.60. The molecule has 0 saturated carbocycles. The van der Waals surface area contributed by atoms with Crippen LogP contribution in [-0.4, -0.2) is 26.3 Å². The molecular formula is C21H19N3O5S. The number of amides is 1. The van der Waals surface area contributed by atoms with Crippen LogP contribution in [0, 0.1) is 17.0 Å². The standard InChI is InChI=1S/C21H19N3O5S/c1-15-6-3-9-18(12-15)23(2)30(28,29)20-11-4-7-16(13-20)21(25)22-17-8-5-10-19(14-17)24(26)27/h3-14H,1-2H3,(H,22,25). The lowest BCUT2D eigenvalue weighted by molar-refractivity contribution is -0.384. The van der Waals surface area contributed by atoms with Crippen molar-refractivity contribution in [3.8, 4) is 0 Å². The Kier molecular flexibility index (Phi) is 5.84. The van der Waals surface area contributed by atoms with Gasteiger partial charge in [-0.05, 0) is 48.9 Å². The summed E-state index contributed by atoms with van der Waals surface area (Å²) in [5, 5.41) is 13.4. The summed E-state index contributed by atoms with van der Waals surface area (Å²) in [7, 11) is -2.45. The Morgan fingerprint density at radius 1 is 1.00 bits per heavy atom. The maximum absolute atomic E-state index is 13.0. The number of nitro benzene ring substituents is 1. The molecular weight excluding hydrogens is 406 g/mol. The van der Waals surface area contributed by atoms with E-state index in [1.54, 1.807) is 18.2 Å². The Morgan fingerprint density at radius 2 is 1.70 bits per heavy atom. The van der Waals surface area contributed by atoms with E-state index in [0.29, 0.717) is 5.69 Å². The number of carbonyl (C=O) groups excluding carboxylic acids is 1. The van der Waals surface area contributed by atoms with Crippen LogP contribution in [0.5, 0.6) is 0 Å². The molecule has 0 unspecified atom stereocenters. The fourth-order valence-corrected chi connectivity index (χ4v) is 4.05. The van der Waals surface area contributed by atoms with Gasteiger partial charge in [0.25, 0.3) is 21.6 Å². The van der Waals surface area contributed by atoms with Crippen molar-refractivity contribution in [3.63, 3.8) is 0 Å². The number of nitrogens with zero attached hydrogens (tertiary/aromatic N) is 2. The molecule has 0 fully saturated rings. The van der Waals surface area contributed by atoms with E-state index >= 15 is 0 Å². The number of hydrogen-bond donors (Lipinski definition) is 1. The van der Waals surface area contributed by atoms with Gasteiger partial charge in [-0.2, -0.15) is 0 Å². The van der Waals surface area contributed by atoms with Crippen molar-refractivity contribution in [2.45, 2.75) is 11.8 Å². The highest BCUT2D eigenvalue weighted by atomic mass is 32.2. The van der Waals surface area contributed by atoms with Crippen LogP contribution in [0.3, 0.4) is 0 Å². The van der Waals surface area contributed by atoms with Gasteiger partial charge in [-0.25, -0.2) is 8.42 Å². The number of anilines is 2. The summed E-state index contributed by atoms with van der Waals surface area (Å²) >= 11 is 0. The SMILES string of the molecule is Cc1cccc(N(C)S(=O)(=O)c2cccc(C(=O)Nc3cccc([N+](=O)[O-])c3)c2)c1. The first kappa shape index (κ1) is 21.0. The van der Waals surface area contributed by atoms with Crippen LogP contribution < -0.4 is 9.62 Å². The number of aryl methyl sites for hydroxylation is 1. The summed E-state index contributed by atoms with van der Waals surface area (Å²) in [6, 6.07) is 18.2. The molecule has 0 radical (unpaired) electrons. The normalized spacial score (nSPS) is 11.0. The Balaban J connectivity index is 1.87. The molecule has 3 rings (SSSR count). The molecule has 0 aliphatic rings. The van der Waals surface area contributed by atoms with E-state index in [9.17, 15) is 23.3 Å². The van der Waals surface area contributed by atoms with Crippen molar-refractivity contribution in [1.82, 2.24) is 0 Å². The highest BCUT2D eigenvalue weighted by Gasteiger charge is 2.22. The largest absolute Gasteiger partial charge is 0.322 e. The predicted molar refractivity (Wildman–Crippen MR) is 114 cm³/mol. The van der Waals surface area contributed by atoms with Crippen molar-refractivity contribution in [3.05, 3.63) is 94.0 Å². The van der Waals surface area contributed by atoms with Gasteiger partial charge in [-0.15, -0.1) is 0 Å². The summed E-state index contributed by atoms with van der Waals surface area (Å²) in [6.45, 7) is 1.86. The van der Waals surface area contributed by atoms with E-state index < -0.39 is 20.9 Å². The first-order valence-corrected chi connectivity index (χ1v) is 10.3. The zero-order valence-electron chi connectivity index (χ0n) is 16.3. The first-order valence-electron chi connectivity index (χ1n) is 8.90. The van der Waals surface area contributed by atoms with Crippen LogP contribution in [0.2, 0.25) is 0 Å². The smallest absolute Gasteiger partial charge is 0.271 e. The molecule has 0 atom stereocenters. The van der Waals surface area contributed by atoms with Gasteiger partial charge in [0.15, 0.2) is 0 Å².